The fraction of sp³-hybridized carbons (Fsp3) is 0.917. The summed E-state index contributed by atoms with van der Waals surface area (Å²) in [5, 5.41) is 0. The van der Waals surface area contributed by atoms with Crippen molar-refractivity contribution in [1.82, 2.24) is 9.80 Å². The minimum atomic E-state index is -0.369. The van der Waals surface area contributed by atoms with Crippen LogP contribution in [0.5, 0.6) is 0 Å². The molecule has 1 saturated heterocycles. The number of nitrogens with zero attached hydrogens (tertiary/aromatic N) is 2. The van der Waals surface area contributed by atoms with Gasteiger partial charge in [0.1, 0.15) is 0 Å². The van der Waals surface area contributed by atoms with Gasteiger partial charge in [-0.1, -0.05) is 0 Å². The molecule has 0 spiro atoms. The molecule has 1 aliphatic rings. The van der Waals surface area contributed by atoms with Crippen LogP contribution in [0.2, 0.25) is 0 Å². The van der Waals surface area contributed by atoms with Crippen LogP contribution in [0.15, 0.2) is 0 Å². The molecule has 1 fully saturated rings. The van der Waals surface area contributed by atoms with Gasteiger partial charge in [0.05, 0.1) is 6.04 Å². The fourth-order valence-corrected chi connectivity index (χ4v) is 2.22. The average Bonchev–Trinajstić information content (AvgIpc) is 2.27. The van der Waals surface area contributed by atoms with Crippen LogP contribution in [-0.2, 0) is 4.79 Å². The maximum absolute atomic E-state index is 11.8. The van der Waals surface area contributed by atoms with Crippen LogP contribution >= 0.6 is 0 Å². The van der Waals surface area contributed by atoms with Gasteiger partial charge in [0, 0.05) is 13.1 Å². The van der Waals surface area contributed by atoms with Gasteiger partial charge in [0.2, 0.25) is 5.91 Å². The molecule has 16 heavy (non-hydrogen) atoms. The van der Waals surface area contributed by atoms with E-state index >= 15 is 0 Å². The number of hydrogen-bond donors (Lipinski definition) is 1. The number of nitrogens with two attached hydrogens (primary N) is 1. The highest BCUT2D eigenvalue weighted by Crippen LogP contribution is 2.17. The van der Waals surface area contributed by atoms with Gasteiger partial charge < -0.3 is 15.5 Å². The van der Waals surface area contributed by atoms with Crippen molar-refractivity contribution in [3.8, 4) is 0 Å². The summed E-state index contributed by atoms with van der Waals surface area (Å²) in [5.41, 5.74) is 5.64. The molecule has 0 aromatic heterocycles. The summed E-state index contributed by atoms with van der Waals surface area (Å²) < 4.78 is 0. The third-order valence-corrected chi connectivity index (χ3v) is 3.40. The molecule has 0 aromatic rings. The van der Waals surface area contributed by atoms with Crippen LogP contribution in [0.4, 0.5) is 0 Å². The number of piperidine rings is 1. The quantitative estimate of drug-likeness (QED) is 0.762. The van der Waals surface area contributed by atoms with Gasteiger partial charge >= 0.3 is 0 Å². The lowest BCUT2D eigenvalue weighted by molar-refractivity contribution is -0.132. The zero-order valence-electron chi connectivity index (χ0n) is 10.8. The first-order chi connectivity index (χ1) is 7.54. The van der Waals surface area contributed by atoms with Crippen molar-refractivity contribution in [2.75, 3.05) is 33.2 Å². The lowest BCUT2D eigenvalue weighted by atomic mass is 9.96. The molecule has 0 radical (unpaired) electrons. The maximum atomic E-state index is 11.8. The van der Waals surface area contributed by atoms with E-state index < -0.39 is 0 Å². The van der Waals surface area contributed by atoms with Crippen molar-refractivity contribution in [2.24, 2.45) is 11.7 Å². The largest absolute Gasteiger partial charge is 0.341 e. The molecule has 0 aliphatic carbocycles. The summed E-state index contributed by atoms with van der Waals surface area (Å²) in [6.07, 6.45) is 2.39. The van der Waals surface area contributed by atoms with E-state index in [4.69, 9.17) is 5.73 Å². The molecule has 1 aliphatic heterocycles. The lowest BCUT2D eigenvalue weighted by Crippen LogP contribution is -2.45. The summed E-state index contributed by atoms with van der Waals surface area (Å²) in [7, 11) is 2.15. The van der Waals surface area contributed by atoms with E-state index in [0.717, 1.165) is 26.2 Å². The standard InChI is InChI=1S/C12H25N3O/c1-4-15(12(16)10(2)13)9-11-5-7-14(3)8-6-11/h10-11H,4-9,13H2,1-3H3. The smallest absolute Gasteiger partial charge is 0.239 e. The van der Waals surface area contributed by atoms with Gasteiger partial charge in [0.15, 0.2) is 0 Å². The van der Waals surface area contributed by atoms with E-state index in [1.165, 1.54) is 12.8 Å². The lowest BCUT2D eigenvalue weighted by Gasteiger charge is -2.33. The van der Waals surface area contributed by atoms with Crippen molar-refractivity contribution >= 4 is 5.91 Å². The first kappa shape index (κ1) is 13.5. The number of hydrogen-bond acceptors (Lipinski definition) is 3. The molecule has 0 aromatic carbocycles. The molecular formula is C12H25N3O. The first-order valence-electron chi connectivity index (χ1n) is 6.27. The van der Waals surface area contributed by atoms with Crippen LogP contribution in [0, 0.1) is 5.92 Å². The predicted octanol–water partition coefficient (Wildman–Crippen LogP) is 0.524. The predicted molar refractivity (Wildman–Crippen MR) is 66.1 cm³/mol. The summed E-state index contributed by atoms with van der Waals surface area (Å²) in [4.78, 5) is 16.1. The molecular weight excluding hydrogens is 202 g/mol. The highest BCUT2D eigenvalue weighted by atomic mass is 16.2. The number of likely N-dealkylation sites (N-methyl/N-ethyl adjacent to an activating group) is 1. The van der Waals surface area contributed by atoms with E-state index in [2.05, 4.69) is 11.9 Å². The molecule has 1 rings (SSSR count). The zero-order chi connectivity index (χ0) is 12.1. The summed E-state index contributed by atoms with van der Waals surface area (Å²) in [6, 6.07) is -0.369. The SMILES string of the molecule is CCN(CC1CCN(C)CC1)C(=O)C(C)N. The molecule has 2 N–H and O–H groups in total. The normalized spacial score (nSPS) is 20.8. The van der Waals surface area contributed by atoms with Crippen LogP contribution in [0.1, 0.15) is 26.7 Å². The second kappa shape index (κ2) is 6.21. The Bertz CT molecular complexity index is 222. The molecule has 1 heterocycles. The Labute approximate surface area is 98.8 Å². The van der Waals surface area contributed by atoms with E-state index in [1.807, 2.05) is 11.8 Å². The molecule has 94 valence electrons. The van der Waals surface area contributed by atoms with Crippen molar-refractivity contribution in [2.45, 2.75) is 32.7 Å². The van der Waals surface area contributed by atoms with E-state index in [9.17, 15) is 4.79 Å². The number of likely N-dealkylation sites (tertiary alicyclic amines) is 1. The van der Waals surface area contributed by atoms with Gasteiger partial charge in [-0.3, -0.25) is 4.79 Å². The summed E-state index contributed by atoms with van der Waals surface area (Å²) in [5.74, 6) is 0.736. The second-order valence-corrected chi connectivity index (χ2v) is 4.91. The minimum Gasteiger partial charge on any atom is -0.341 e. The summed E-state index contributed by atoms with van der Waals surface area (Å²) >= 11 is 0. The molecule has 4 nitrogen and oxygen atoms in total. The van der Waals surface area contributed by atoms with E-state index in [-0.39, 0.29) is 11.9 Å². The monoisotopic (exact) mass is 227 g/mol. The first-order valence-corrected chi connectivity index (χ1v) is 6.27. The zero-order valence-corrected chi connectivity index (χ0v) is 10.8. The van der Waals surface area contributed by atoms with Gasteiger partial charge in [-0.05, 0) is 52.7 Å². The molecule has 0 saturated carbocycles. The molecule has 1 atom stereocenters. The Kier molecular flexibility index (Phi) is 5.22. The Morgan fingerprint density at radius 2 is 2.06 bits per heavy atom. The third-order valence-electron chi connectivity index (χ3n) is 3.40. The number of carbonyl (C=O) groups excluding carboxylic acids is 1. The van der Waals surface area contributed by atoms with Gasteiger partial charge in [-0.15, -0.1) is 0 Å². The van der Waals surface area contributed by atoms with Crippen LogP contribution in [-0.4, -0.2) is 55.0 Å². The topological polar surface area (TPSA) is 49.6 Å². The van der Waals surface area contributed by atoms with Crippen molar-refractivity contribution in [1.29, 1.82) is 0 Å². The second-order valence-electron chi connectivity index (χ2n) is 4.91. The fourth-order valence-electron chi connectivity index (χ4n) is 2.22. The van der Waals surface area contributed by atoms with Gasteiger partial charge in [0.25, 0.3) is 0 Å². The van der Waals surface area contributed by atoms with Gasteiger partial charge in [-0.25, -0.2) is 0 Å². The number of rotatable bonds is 4. The Hall–Kier alpha value is -0.610. The van der Waals surface area contributed by atoms with Crippen molar-refractivity contribution < 1.29 is 4.79 Å². The highest BCUT2D eigenvalue weighted by molar-refractivity contribution is 5.81. The van der Waals surface area contributed by atoms with Crippen molar-refractivity contribution in [3.63, 3.8) is 0 Å². The number of carbonyl (C=O) groups is 1. The Morgan fingerprint density at radius 1 is 1.50 bits per heavy atom. The molecule has 0 bridgehead atoms. The minimum absolute atomic E-state index is 0.0847. The molecule has 1 amide bonds. The van der Waals surface area contributed by atoms with E-state index in [0.29, 0.717) is 5.92 Å². The van der Waals surface area contributed by atoms with Gasteiger partial charge in [-0.2, -0.15) is 0 Å². The average molecular weight is 227 g/mol. The summed E-state index contributed by atoms with van der Waals surface area (Å²) in [6.45, 7) is 7.73. The number of amides is 1. The Morgan fingerprint density at radius 3 is 2.50 bits per heavy atom. The van der Waals surface area contributed by atoms with Crippen LogP contribution in [0.25, 0.3) is 0 Å². The molecule has 1 unspecified atom stereocenters. The van der Waals surface area contributed by atoms with Crippen molar-refractivity contribution in [3.05, 3.63) is 0 Å². The van der Waals surface area contributed by atoms with Crippen LogP contribution in [0.3, 0.4) is 0 Å². The maximum Gasteiger partial charge on any atom is 0.239 e. The molecule has 4 heteroatoms. The van der Waals surface area contributed by atoms with E-state index in [1.54, 1.807) is 6.92 Å². The van der Waals surface area contributed by atoms with Crippen LogP contribution < -0.4 is 5.73 Å². The Balaban J connectivity index is 2.41. The third kappa shape index (κ3) is 3.76. The highest BCUT2D eigenvalue weighted by Gasteiger charge is 2.22.